The highest BCUT2D eigenvalue weighted by atomic mass is 16.6. The smallest absolute Gasteiger partial charge is 0.111 e. The summed E-state index contributed by atoms with van der Waals surface area (Å²) in [5.41, 5.74) is 4.14. The topological polar surface area (TPSA) is 91.2 Å². The number of rotatable bonds is 7. The standard InChI is InChI=1S/C16H25NO5/c1-21-17-12(8-7-11-5-3-2-4-6-11)9-14-16(20)15(19)13(18)10-22-14/h2-6,12-20H,7-10H2,1H3/t12?,13-,14-,15?,16+/m1/s1. The summed E-state index contributed by atoms with van der Waals surface area (Å²) in [5, 5.41) is 29.2. The predicted molar refractivity (Wildman–Crippen MR) is 81.1 cm³/mol. The third kappa shape index (κ3) is 4.74. The number of aryl methyl sites for hydroxylation is 1. The lowest BCUT2D eigenvalue weighted by Crippen LogP contribution is -2.54. The molecule has 6 heteroatoms. The van der Waals surface area contributed by atoms with Crippen molar-refractivity contribution in [2.75, 3.05) is 13.7 Å². The van der Waals surface area contributed by atoms with E-state index in [1.54, 1.807) is 7.11 Å². The van der Waals surface area contributed by atoms with Gasteiger partial charge in [-0.25, -0.2) is 0 Å². The molecule has 5 atom stereocenters. The molecule has 2 unspecified atom stereocenters. The van der Waals surface area contributed by atoms with Gasteiger partial charge in [0, 0.05) is 6.04 Å². The summed E-state index contributed by atoms with van der Waals surface area (Å²) >= 11 is 0. The van der Waals surface area contributed by atoms with Gasteiger partial charge in [0.05, 0.1) is 19.8 Å². The predicted octanol–water partition coefficient (Wildman–Crippen LogP) is 0.0104. The third-order valence-electron chi connectivity index (χ3n) is 4.03. The van der Waals surface area contributed by atoms with Crippen LogP contribution in [0.25, 0.3) is 0 Å². The van der Waals surface area contributed by atoms with E-state index in [4.69, 9.17) is 9.57 Å². The molecular weight excluding hydrogens is 286 g/mol. The molecule has 1 aromatic rings. The van der Waals surface area contributed by atoms with Crippen molar-refractivity contribution in [1.82, 2.24) is 5.48 Å². The van der Waals surface area contributed by atoms with Crippen molar-refractivity contribution in [3.8, 4) is 0 Å². The molecule has 124 valence electrons. The summed E-state index contributed by atoms with van der Waals surface area (Å²) in [5.74, 6) is 0. The number of benzene rings is 1. The van der Waals surface area contributed by atoms with Crippen LogP contribution >= 0.6 is 0 Å². The number of aliphatic hydroxyl groups excluding tert-OH is 3. The van der Waals surface area contributed by atoms with Gasteiger partial charge in [-0.15, -0.1) is 0 Å². The average Bonchev–Trinajstić information content (AvgIpc) is 2.54. The molecule has 1 saturated heterocycles. The molecule has 1 aliphatic heterocycles. The van der Waals surface area contributed by atoms with Crippen molar-refractivity contribution in [1.29, 1.82) is 0 Å². The van der Waals surface area contributed by atoms with Gasteiger partial charge in [0.1, 0.15) is 18.3 Å². The van der Waals surface area contributed by atoms with Crippen LogP contribution in [0.1, 0.15) is 18.4 Å². The summed E-state index contributed by atoms with van der Waals surface area (Å²) in [6, 6.07) is 10.1. The van der Waals surface area contributed by atoms with Crippen LogP contribution in [0.4, 0.5) is 0 Å². The maximum atomic E-state index is 10.0. The number of hydroxylamine groups is 1. The fourth-order valence-electron chi connectivity index (χ4n) is 2.73. The Bertz CT molecular complexity index is 430. The molecule has 0 bridgehead atoms. The molecule has 0 radical (unpaired) electrons. The van der Waals surface area contributed by atoms with Gasteiger partial charge in [-0.2, -0.15) is 5.48 Å². The summed E-state index contributed by atoms with van der Waals surface area (Å²) in [4.78, 5) is 5.02. The van der Waals surface area contributed by atoms with E-state index < -0.39 is 24.4 Å². The van der Waals surface area contributed by atoms with E-state index in [2.05, 4.69) is 17.6 Å². The van der Waals surface area contributed by atoms with Gasteiger partial charge in [-0.3, -0.25) is 0 Å². The van der Waals surface area contributed by atoms with Crippen molar-refractivity contribution < 1.29 is 24.9 Å². The number of aliphatic hydroxyl groups is 3. The monoisotopic (exact) mass is 311 g/mol. The highest BCUT2D eigenvalue weighted by molar-refractivity contribution is 5.14. The van der Waals surface area contributed by atoms with Crippen LogP contribution in [-0.2, 0) is 16.0 Å². The molecule has 1 fully saturated rings. The lowest BCUT2D eigenvalue weighted by Gasteiger charge is -2.36. The summed E-state index contributed by atoms with van der Waals surface area (Å²) in [6.07, 6.45) is -1.66. The van der Waals surface area contributed by atoms with Crippen LogP contribution in [0.15, 0.2) is 30.3 Å². The highest BCUT2D eigenvalue weighted by Gasteiger charge is 2.38. The molecule has 0 aromatic heterocycles. The molecular formula is C16H25NO5. The maximum Gasteiger partial charge on any atom is 0.111 e. The first-order chi connectivity index (χ1) is 10.6. The lowest BCUT2D eigenvalue weighted by atomic mass is 9.93. The van der Waals surface area contributed by atoms with Crippen LogP contribution < -0.4 is 5.48 Å². The first-order valence-electron chi connectivity index (χ1n) is 7.60. The Balaban J connectivity index is 1.88. The Kier molecular flexibility index (Phi) is 6.75. The first kappa shape index (κ1) is 17.3. The zero-order chi connectivity index (χ0) is 15.9. The Labute approximate surface area is 130 Å². The molecule has 0 aliphatic carbocycles. The van der Waals surface area contributed by atoms with Crippen molar-refractivity contribution in [3.63, 3.8) is 0 Å². The minimum atomic E-state index is -1.17. The quantitative estimate of drug-likeness (QED) is 0.530. The lowest BCUT2D eigenvalue weighted by molar-refractivity contribution is -0.191. The van der Waals surface area contributed by atoms with E-state index >= 15 is 0 Å². The number of nitrogens with one attached hydrogen (secondary N) is 1. The Morgan fingerprint density at radius 2 is 1.95 bits per heavy atom. The summed E-state index contributed by atoms with van der Waals surface area (Å²) in [6.45, 7) is 0.0290. The second-order valence-electron chi connectivity index (χ2n) is 5.70. The molecule has 1 aromatic carbocycles. The van der Waals surface area contributed by atoms with E-state index in [0.29, 0.717) is 6.42 Å². The molecule has 0 saturated carbocycles. The average molecular weight is 311 g/mol. The molecule has 6 nitrogen and oxygen atoms in total. The van der Waals surface area contributed by atoms with Crippen molar-refractivity contribution in [3.05, 3.63) is 35.9 Å². The van der Waals surface area contributed by atoms with Crippen LogP contribution in [0.2, 0.25) is 0 Å². The number of hydrogen-bond acceptors (Lipinski definition) is 6. The van der Waals surface area contributed by atoms with Crippen LogP contribution in [0, 0.1) is 0 Å². The number of hydrogen-bond donors (Lipinski definition) is 4. The van der Waals surface area contributed by atoms with E-state index in [-0.39, 0.29) is 12.6 Å². The molecule has 2 rings (SSSR count). The Morgan fingerprint density at radius 3 is 2.64 bits per heavy atom. The van der Waals surface area contributed by atoms with Gasteiger partial charge in [-0.1, -0.05) is 30.3 Å². The van der Waals surface area contributed by atoms with Crippen LogP contribution in [0.5, 0.6) is 0 Å². The van der Waals surface area contributed by atoms with Crippen LogP contribution in [0.3, 0.4) is 0 Å². The Morgan fingerprint density at radius 1 is 1.23 bits per heavy atom. The van der Waals surface area contributed by atoms with Gasteiger partial charge < -0.3 is 24.9 Å². The van der Waals surface area contributed by atoms with E-state index in [1.807, 2.05) is 18.2 Å². The summed E-state index contributed by atoms with van der Waals surface area (Å²) < 4.78 is 5.45. The fraction of sp³-hybridized carbons (Fsp3) is 0.625. The maximum absolute atomic E-state index is 10.0. The van der Waals surface area contributed by atoms with E-state index in [1.165, 1.54) is 5.56 Å². The normalized spacial score (nSPS) is 30.2. The van der Waals surface area contributed by atoms with Crippen molar-refractivity contribution in [2.45, 2.75) is 49.7 Å². The minimum Gasteiger partial charge on any atom is -0.388 e. The molecule has 1 heterocycles. The van der Waals surface area contributed by atoms with Gasteiger partial charge in [0.15, 0.2) is 0 Å². The van der Waals surface area contributed by atoms with E-state index in [9.17, 15) is 15.3 Å². The summed E-state index contributed by atoms with van der Waals surface area (Å²) in [7, 11) is 1.55. The minimum absolute atomic E-state index is 0.0210. The molecule has 0 amide bonds. The SMILES string of the molecule is CONC(CCc1ccccc1)C[C@H]1OC[C@@H](O)C(O)[C@H]1O. The third-order valence-corrected chi connectivity index (χ3v) is 4.03. The van der Waals surface area contributed by atoms with Gasteiger partial charge in [0.25, 0.3) is 0 Å². The van der Waals surface area contributed by atoms with Gasteiger partial charge in [-0.05, 0) is 24.8 Å². The molecule has 4 N–H and O–H groups in total. The zero-order valence-corrected chi connectivity index (χ0v) is 12.8. The molecule has 22 heavy (non-hydrogen) atoms. The second kappa shape index (κ2) is 8.57. The molecule has 1 aliphatic rings. The van der Waals surface area contributed by atoms with Crippen molar-refractivity contribution in [2.24, 2.45) is 0 Å². The van der Waals surface area contributed by atoms with Crippen LogP contribution in [-0.4, -0.2) is 59.5 Å². The fourth-order valence-corrected chi connectivity index (χ4v) is 2.73. The molecule has 0 spiro atoms. The van der Waals surface area contributed by atoms with Crippen molar-refractivity contribution >= 4 is 0 Å². The zero-order valence-electron chi connectivity index (χ0n) is 12.8. The highest BCUT2D eigenvalue weighted by Crippen LogP contribution is 2.21. The van der Waals surface area contributed by atoms with Gasteiger partial charge >= 0.3 is 0 Å². The number of ether oxygens (including phenoxy) is 1. The van der Waals surface area contributed by atoms with Gasteiger partial charge in [0.2, 0.25) is 0 Å². The van der Waals surface area contributed by atoms with E-state index in [0.717, 1.165) is 12.8 Å². The largest absolute Gasteiger partial charge is 0.388 e. The first-order valence-corrected chi connectivity index (χ1v) is 7.60. The second-order valence-corrected chi connectivity index (χ2v) is 5.70. The Hall–Kier alpha value is -1.02.